The van der Waals surface area contributed by atoms with Crippen molar-refractivity contribution in [3.05, 3.63) is 27.3 Å². The number of terminal acetylenes is 1. The second kappa shape index (κ2) is 7.61. The van der Waals surface area contributed by atoms with Crippen LogP contribution in [0.2, 0.25) is 0 Å². The molecule has 0 atom stereocenters. The Morgan fingerprint density at radius 2 is 1.67 bits per heavy atom. The van der Waals surface area contributed by atoms with Crippen molar-refractivity contribution < 1.29 is 0 Å². The molecule has 2 heterocycles. The highest BCUT2D eigenvalue weighted by molar-refractivity contribution is 8.42. The van der Waals surface area contributed by atoms with Gasteiger partial charge in [-0.1, -0.05) is 66.8 Å². The van der Waals surface area contributed by atoms with Crippen LogP contribution in [0.5, 0.6) is 0 Å². The van der Waals surface area contributed by atoms with Crippen molar-refractivity contribution in [1.29, 1.82) is 0 Å². The summed E-state index contributed by atoms with van der Waals surface area (Å²) in [6, 6.07) is 0. The minimum atomic E-state index is 1.03. The molecule has 18 heavy (non-hydrogen) atoms. The highest BCUT2D eigenvalue weighted by atomic mass is 32.3. The molecule has 6 heteroatoms. The molecule has 0 aromatic heterocycles. The second-order valence-electron chi connectivity index (χ2n) is 3.07. The number of hydrogen-bond acceptors (Lipinski definition) is 6. The van der Waals surface area contributed by atoms with Gasteiger partial charge >= 0.3 is 0 Å². The number of thioether (sulfide) groups is 6. The summed E-state index contributed by atoms with van der Waals surface area (Å²) in [4.78, 5) is 1.03. The molecular formula is C12H12S6. The summed E-state index contributed by atoms with van der Waals surface area (Å²) in [6.45, 7) is 4.42. The van der Waals surface area contributed by atoms with Crippen LogP contribution < -0.4 is 0 Å². The van der Waals surface area contributed by atoms with Crippen LogP contribution in [0.25, 0.3) is 0 Å². The topological polar surface area (TPSA) is 0 Å². The minimum absolute atomic E-state index is 1.03. The molecule has 96 valence electrons. The summed E-state index contributed by atoms with van der Waals surface area (Å²) < 4.78 is 5.68. The van der Waals surface area contributed by atoms with Crippen molar-refractivity contribution in [2.45, 2.75) is 13.8 Å². The lowest BCUT2D eigenvalue weighted by atomic mass is 10.7. The SMILES string of the molecule is C#CC1=CSC(=C2SC(SCC)=C(SCC)S2)S1. The molecule has 0 spiro atoms. The third kappa shape index (κ3) is 3.71. The lowest BCUT2D eigenvalue weighted by Gasteiger charge is -2.00. The van der Waals surface area contributed by atoms with Crippen LogP contribution in [0.3, 0.4) is 0 Å². The Hall–Kier alpha value is 0.880. The van der Waals surface area contributed by atoms with Gasteiger partial charge in [-0.25, -0.2) is 0 Å². The van der Waals surface area contributed by atoms with E-state index in [2.05, 4.69) is 25.2 Å². The number of allylic oxidation sites excluding steroid dienone is 1. The predicted molar refractivity (Wildman–Crippen MR) is 97.6 cm³/mol. The van der Waals surface area contributed by atoms with Crippen LogP contribution in [0, 0.1) is 12.3 Å². The smallest absolute Gasteiger partial charge is 0.0717 e. The van der Waals surface area contributed by atoms with Gasteiger partial charge in [0.05, 0.1) is 21.9 Å². The normalized spacial score (nSPS) is 19.5. The van der Waals surface area contributed by atoms with Gasteiger partial charge in [0.25, 0.3) is 0 Å². The Morgan fingerprint density at radius 3 is 2.11 bits per heavy atom. The van der Waals surface area contributed by atoms with E-state index in [9.17, 15) is 0 Å². The summed E-state index contributed by atoms with van der Waals surface area (Å²) in [5.41, 5.74) is 0. The van der Waals surface area contributed by atoms with Crippen molar-refractivity contribution in [3.8, 4) is 12.3 Å². The first kappa shape index (κ1) is 15.3. The first-order chi connectivity index (χ1) is 8.78. The van der Waals surface area contributed by atoms with Gasteiger partial charge < -0.3 is 0 Å². The molecule has 0 amide bonds. The summed E-state index contributed by atoms with van der Waals surface area (Å²) in [7, 11) is 0. The fraction of sp³-hybridized carbons (Fsp3) is 0.333. The average Bonchev–Trinajstić information content (AvgIpc) is 2.97. The van der Waals surface area contributed by atoms with Gasteiger partial charge in [-0.15, -0.1) is 29.9 Å². The Labute approximate surface area is 134 Å². The third-order valence-electron chi connectivity index (χ3n) is 1.87. The first-order valence-electron chi connectivity index (χ1n) is 5.39. The van der Waals surface area contributed by atoms with Gasteiger partial charge in [0.15, 0.2) is 0 Å². The van der Waals surface area contributed by atoms with Crippen LogP contribution in [0.1, 0.15) is 13.8 Å². The van der Waals surface area contributed by atoms with Crippen molar-refractivity contribution in [2.24, 2.45) is 0 Å². The van der Waals surface area contributed by atoms with Gasteiger partial charge in [-0.3, -0.25) is 0 Å². The standard InChI is InChI=1S/C12H12S6/c1-4-8-7-15-11(16-8)12-17-9(13-5-2)10(18-12)14-6-3/h1,7H,5-6H2,2-3H3. The zero-order chi connectivity index (χ0) is 13.0. The Bertz CT molecular complexity index is 445. The Kier molecular flexibility index (Phi) is 6.45. The van der Waals surface area contributed by atoms with Crippen LogP contribution >= 0.6 is 70.6 Å². The molecule has 0 saturated heterocycles. The zero-order valence-corrected chi connectivity index (χ0v) is 14.9. The van der Waals surface area contributed by atoms with E-state index in [0.717, 1.165) is 16.4 Å². The average molecular weight is 349 g/mol. The molecule has 2 aliphatic heterocycles. The van der Waals surface area contributed by atoms with Crippen LogP contribution in [-0.4, -0.2) is 11.5 Å². The Balaban J connectivity index is 2.09. The molecule has 0 aromatic carbocycles. The van der Waals surface area contributed by atoms with E-state index in [1.807, 2.05) is 47.0 Å². The van der Waals surface area contributed by atoms with E-state index in [1.165, 1.54) is 16.9 Å². The molecule has 0 radical (unpaired) electrons. The quantitative estimate of drug-likeness (QED) is 0.552. The molecule has 0 N–H and O–H groups in total. The van der Waals surface area contributed by atoms with E-state index < -0.39 is 0 Å². The fourth-order valence-corrected chi connectivity index (χ4v) is 9.20. The van der Waals surface area contributed by atoms with Gasteiger partial charge in [-0.05, 0) is 16.9 Å². The van der Waals surface area contributed by atoms with Crippen LogP contribution in [-0.2, 0) is 0 Å². The van der Waals surface area contributed by atoms with Crippen LogP contribution in [0.4, 0.5) is 0 Å². The highest BCUT2D eigenvalue weighted by Crippen LogP contribution is 2.62. The molecular weight excluding hydrogens is 337 g/mol. The summed E-state index contributed by atoms with van der Waals surface area (Å²) in [6.07, 6.45) is 5.44. The molecule has 0 aliphatic carbocycles. The lowest BCUT2D eigenvalue weighted by Crippen LogP contribution is -1.72. The van der Waals surface area contributed by atoms with E-state index >= 15 is 0 Å². The number of rotatable bonds is 4. The molecule has 0 fully saturated rings. The summed E-state index contributed by atoms with van der Waals surface area (Å²) in [5, 5.41) is 2.08. The van der Waals surface area contributed by atoms with E-state index in [-0.39, 0.29) is 0 Å². The van der Waals surface area contributed by atoms with Crippen LogP contribution in [0.15, 0.2) is 27.3 Å². The van der Waals surface area contributed by atoms with E-state index in [1.54, 1.807) is 23.5 Å². The molecule has 2 rings (SSSR count). The molecule has 0 saturated carbocycles. The summed E-state index contributed by atoms with van der Waals surface area (Å²) >= 11 is 11.2. The zero-order valence-electron chi connectivity index (χ0n) is 10.0. The second-order valence-corrected chi connectivity index (χ2v) is 10.6. The van der Waals surface area contributed by atoms with Gasteiger partial charge in [0, 0.05) is 0 Å². The monoisotopic (exact) mass is 348 g/mol. The largest absolute Gasteiger partial charge is 0.118 e. The minimum Gasteiger partial charge on any atom is -0.118 e. The van der Waals surface area contributed by atoms with Crippen molar-refractivity contribution in [3.63, 3.8) is 0 Å². The maximum Gasteiger partial charge on any atom is 0.0717 e. The molecule has 0 unspecified atom stereocenters. The molecule has 2 aliphatic rings. The maximum atomic E-state index is 5.44. The number of hydrogen-bond donors (Lipinski definition) is 0. The predicted octanol–water partition coefficient (Wildman–Crippen LogP) is 6.18. The first-order valence-corrected chi connectivity index (χ1v) is 10.7. The van der Waals surface area contributed by atoms with Crippen molar-refractivity contribution in [2.75, 3.05) is 11.5 Å². The van der Waals surface area contributed by atoms with Gasteiger partial charge in [-0.2, -0.15) is 0 Å². The van der Waals surface area contributed by atoms with E-state index in [0.29, 0.717) is 0 Å². The molecule has 0 bridgehead atoms. The Morgan fingerprint density at radius 1 is 1.06 bits per heavy atom. The fourth-order valence-electron chi connectivity index (χ4n) is 1.20. The summed E-state index contributed by atoms with van der Waals surface area (Å²) in [5.74, 6) is 4.98. The third-order valence-corrected chi connectivity index (χ3v) is 9.99. The van der Waals surface area contributed by atoms with Gasteiger partial charge in [0.2, 0.25) is 0 Å². The lowest BCUT2D eigenvalue weighted by molar-refractivity contribution is 1.53. The van der Waals surface area contributed by atoms with Crippen molar-refractivity contribution in [1.82, 2.24) is 0 Å². The van der Waals surface area contributed by atoms with E-state index in [4.69, 9.17) is 6.42 Å². The molecule has 0 aromatic rings. The van der Waals surface area contributed by atoms with Crippen molar-refractivity contribution >= 4 is 70.6 Å². The molecule has 0 nitrogen and oxygen atoms in total. The highest BCUT2D eigenvalue weighted by Gasteiger charge is 2.26. The van der Waals surface area contributed by atoms with Gasteiger partial charge in [0.1, 0.15) is 0 Å². The maximum absolute atomic E-state index is 5.44.